The molecule has 0 aliphatic heterocycles. The number of aromatic nitrogens is 2. The van der Waals surface area contributed by atoms with Crippen molar-refractivity contribution in [2.24, 2.45) is 5.92 Å². The maximum Gasteiger partial charge on any atom is 0.266 e. The maximum absolute atomic E-state index is 13.2. The molecule has 1 N–H and O–H groups in total. The summed E-state index contributed by atoms with van der Waals surface area (Å²) in [7, 11) is 0. The van der Waals surface area contributed by atoms with Gasteiger partial charge >= 0.3 is 0 Å². The molecule has 1 atom stereocenters. The molecule has 152 valence electrons. The van der Waals surface area contributed by atoms with Crippen LogP contribution >= 0.6 is 11.8 Å². The predicted molar refractivity (Wildman–Crippen MR) is 118 cm³/mol. The maximum atomic E-state index is 13.2. The molecule has 30 heavy (non-hydrogen) atoms. The SMILES string of the molecule is Cc1ccc(-n2c(SCC(=O)NC(C)(C#N)C3CC3)nc3ccccc3c2=O)cc1. The van der Waals surface area contributed by atoms with Crippen LogP contribution in [0.4, 0.5) is 0 Å². The van der Waals surface area contributed by atoms with E-state index in [-0.39, 0.29) is 23.1 Å². The molecule has 1 saturated carbocycles. The van der Waals surface area contributed by atoms with E-state index >= 15 is 0 Å². The van der Waals surface area contributed by atoms with Crippen LogP contribution in [0.3, 0.4) is 0 Å². The number of aryl methyl sites for hydroxylation is 1. The molecule has 0 bridgehead atoms. The molecule has 1 aliphatic rings. The first-order valence-corrected chi connectivity index (χ1v) is 10.8. The topological polar surface area (TPSA) is 87.8 Å². The number of carbonyl (C=O) groups excluding carboxylic acids is 1. The van der Waals surface area contributed by atoms with Crippen molar-refractivity contribution in [3.8, 4) is 11.8 Å². The van der Waals surface area contributed by atoms with Gasteiger partial charge in [-0.25, -0.2) is 4.98 Å². The fourth-order valence-corrected chi connectivity index (χ4v) is 4.28. The van der Waals surface area contributed by atoms with Crippen molar-refractivity contribution in [2.75, 3.05) is 5.75 Å². The third-order valence-electron chi connectivity index (χ3n) is 5.39. The molecule has 6 nitrogen and oxygen atoms in total. The molecule has 1 fully saturated rings. The van der Waals surface area contributed by atoms with Crippen molar-refractivity contribution in [3.05, 3.63) is 64.4 Å². The van der Waals surface area contributed by atoms with Gasteiger partial charge < -0.3 is 5.32 Å². The first kappa shape index (κ1) is 20.2. The number of fused-ring (bicyclic) bond motifs is 1. The fraction of sp³-hybridized carbons (Fsp3) is 0.304. The number of rotatable bonds is 6. The standard InChI is InChI=1S/C23H22N4O2S/c1-15-7-11-17(12-8-15)27-21(29)18-5-3-4-6-19(18)25-22(27)30-13-20(28)26-23(2,14-24)16-9-10-16/h3-8,11-12,16H,9-10,13H2,1-2H3,(H,26,28). The number of thioether (sulfide) groups is 1. The van der Waals surface area contributed by atoms with E-state index in [0.29, 0.717) is 21.7 Å². The highest BCUT2D eigenvalue weighted by Gasteiger charge is 2.42. The van der Waals surface area contributed by atoms with E-state index in [0.717, 1.165) is 18.4 Å². The Morgan fingerprint density at radius 3 is 2.63 bits per heavy atom. The first-order chi connectivity index (χ1) is 14.4. The smallest absolute Gasteiger partial charge is 0.266 e. The second kappa shape index (κ2) is 7.96. The third-order valence-corrected chi connectivity index (χ3v) is 6.33. The molecule has 1 unspecified atom stereocenters. The normalized spacial score (nSPS) is 15.4. The lowest BCUT2D eigenvalue weighted by molar-refractivity contribution is -0.119. The zero-order chi connectivity index (χ0) is 21.3. The van der Waals surface area contributed by atoms with Crippen LogP contribution in [0, 0.1) is 24.2 Å². The zero-order valence-electron chi connectivity index (χ0n) is 16.9. The summed E-state index contributed by atoms with van der Waals surface area (Å²) in [4.78, 5) is 30.4. The minimum atomic E-state index is -0.842. The highest BCUT2D eigenvalue weighted by molar-refractivity contribution is 7.99. The summed E-state index contributed by atoms with van der Waals surface area (Å²) in [5, 5.41) is 13.3. The largest absolute Gasteiger partial charge is 0.337 e. The second-order valence-corrected chi connectivity index (χ2v) is 8.76. The van der Waals surface area contributed by atoms with Crippen LogP contribution in [0.2, 0.25) is 0 Å². The number of amides is 1. The minimum absolute atomic E-state index is 0.0701. The molecular weight excluding hydrogens is 396 g/mol. The van der Waals surface area contributed by atoms with Gasteiger partial charge in [0.1, 0.15) is 5.54 Å². The predicted octanol–water partition coefficient (Wildman–Crippen LogP) is 3.59. The quantitative estimate of drug-likeness (QED) is 0.488. The van der Waals surface area contributed by atoms with E-state index in [9.17, 15) is 14.9 Å². The lowest BCUT2D eigenvalue weighted by atomic mass is 9.98. The van der Waals surface area contributed by atoms with Crippen molar-refractivity contribution in [2.45, 2.75) is 37.4 Å². The van der Waals surface area contributed by atoms with Crippen LogP contribution in [0.25, 0.3) is 16.6 Å². The van der Waals surface area contributed by atoms with E-state index in [1.165, 1.54) is 11.8 Å². The molecule has 3 aromatic rings. The Balaban J connectivity index is 1.66. The van der Waals surface area contributed by atoms with Gasteiger partial charge in [-0.3, -0.25) is 14.2 Å². The van der Waals surface area contributed by atoms with Crippen LogP contribution in [0.15, 0.2) is 58.5 Å². The van der Waals surface area contributed by atoms with Crippen LogP contribution in [0.1, 0.15) is 25.3 Å². The Kier molecular flexibility index (Phi) is 5.35. The monoisotopic (exact) mass is 418 g/mol. The first-order valence-electron chi connectivity index (χ1n) is 9.85. The molecule has 7 heteroatoms. The van der Waals surface area contributed by atoms with Gasteiger partial charge in [-0.05, 0) is 56.9 Å². The number of carbonyl (C=O) groups is 1. The summed E-state index contributed by atoms with van der Waals surface area (Å²) < 4.78 is 1.55. The molecule has 2 aromatic carbocycles. The number of nitrogens with zero attached hydrogens (tertiary/aromatic N) is 3. The number of hydrogen-bond acceptors (Lipinski definition) is 5. The summed E-state index contributed by atoms with van der Waals surface area (Å²) in [6.45, 7) is 3.75. The highest BCUT2D eigenvalue weighted by Crippen LogP contribution is 2.39. The Bertz CT molecular complexity index is 1210. The molecule has 1 heterocycles. The minimum Gasteiger partial charge on any atom is -0.337 e. The van der Waals surface area contributed by atoms with Crippen molar-refractivity contribution in [1.82, 2.24) is 14.9 Å². The van der Waals surface area contributed by atoms with E-state index in [1.54, 1.807) is 23.6 Å². The molecule has 1 aromatic heterocycles. The van der Waals surface area contributed by atoms with E-state index in [4.69, 9.17) is 0 Å². The van der Waals surface area contributed by atoms with Gasteiger partial charge in [0.15, 0.2) is 5.16 Å². The lowest BCUT2D eigenvalue weighted by Crippen LogP contribution is -2.47. The average Bonchev–Trinajstić information content (AvgIpc) is 3.59. The van der Waals surface area contributed by atoms with Gasteiger partial charge in [0.25, 0.3) is 5.56 Å². The zero-order valence-corrected chi connectivity index (χ0v) is 17.7. The van der Waals surface area contributed by atoms with Gasteiger partial charge in [0, 0.05) is 0 Å². The van der Waals surface area contributed by atoms with Crippen molar-refractivity contribution in [3.63, 3.8) is 0 Å². The molecule has 1 amide bonds. The second-order valence-electron chi connectivity index (χ2n) is 7.81. The van der Waals surface area contributed by atoms with E-state index < -0.39 is 5.54 Å². The third kappa shape index (κ3) is 3.96. The van der Waals surface area contributed by atoms with Crippen molar-refractivity contribution < 1.29 is 4.79 Å². The fourth-order valence-electron chi connectivity index (χ4n) is 3.47. The molecule has 1 aliphatic carbocycles. The van der Waals surface area contributed by atoms with Gasteiger partial charge in [-0.1, -0.05) is 41.6 Å². The Hall–Kier alpha value is -3.11. The van der Waals surface area contributed by atoms with Crippen LogP contribution in [-0.4, -0.2) is 26.8 Å². The highest BCUT2D eigenvalue weighted by atomic mass is 32.2. The summed E-state index contributed by atoms with van der Waals surface area (Å²) in [5.74, 6) is 0.0375. The summed E-state index contributed by atoms with van der Waals surface area (Å²) in [6, 6.07) is 17.0. The molecular formula is C23H22N4O2S. The number of hydrogen-bond donors (Lipinski definition) is 1. The summed E-state index contributed by atoms with van der Waals surface area (Å²) >= 11 is 1.20. The Morgan fingerprint density at radius 1 is 1.27 bits per heavy atom. The number of benzene rings is 2. The average molecular weight is 419 g/mol. The van der Waals surface area contributed by atoms with Crippen molar-refractivity contribution >= 4 is 28.6 Å². The number of nitriles is 1. The lowest BCUT2D eigenvalue weighted by Gasteiger charge is -2.22. The van der Waals surface area contributed by atoms with Crippen LogP contribution < -0.4 is 10.9 Å². The van der Waals surface area contributed by atoms with Gasteiger partial charge in [-0.15, -0.1) is 0 Å². The summed E-state index contributed by atoms with van der Waals surface area (Å²) in [5.41, 5.74) is 1.36. The van der Waals surface area contributed by atoms with Crippen molar-refractivity contribution in [1.29, 1.82) is 5.26 Å². The Morgan fingerprint density at radius 2 is 1.97 bits per heavy atom. The van der Waals surface area contributed by atoms with E-state index in [1.807, 2.05) is 43.3 Å². The van der Waals surface area contributed by atoms with Gasteiger partial charge in [-0.2, -0.15) is 5.26 Å². The Labute approximate surface area is 178 Å². The van der Waals surface area contributed by atoms with Crippen LogP contribution in [0.5, 0.6) is 0 Å². The van der Waals surface area contributed by atoms with Gasteiger partial charge in [0.05, 0.1) is 28.4 Å². The van der Waals surface area contributed by atoms with Gasteiger partial charge in [0.2, 0.25) is 5.91 Å². The summed E-state index contributed by atoms with van der Waals surface area (Å²) in [6.07, 6.45) is 1.91. The molecule has 0 saturated heterocycles. The van der Waals surface area contributed by atoms with E-state index in [2.05, 4.69) is 16.4 Å². The molecule has 4 rings (SSSR count). The molecule has 0 spiro atoms. The number of para-hydroxylation sites is 1. The van der Waals surface area contributed by atoms with Crippen LogP contribution in [-0.2, 0) is 4.79 Å². The molecule has 0 radical (unpaired) electrons. The number of nitrogens with one attached hydrogen (secondary N) is 1.